The molecule has 1 unspecified atom stereocenters. The molecule has 3 nitrogen and oxygen atoms in total. The van der Waals surface area contributed by atoms with Crippen LogP contribution in [-0.2, 0) is 4.79 Å². The fourth-order valence-electron chi connectivity index (χ4n) is 1.86. The lowest BCUT2D eigenvalue weighted by Crippen LogP contribution is -2.46. The molecule has 1 atom stereocenters. The van der Waals surface area contributed by atoms with Gasteiger partial charge in [-0.1, -0.05) is 13.3 Å². The van der Waals surface area contributed by atoms with Crippen molar-refractivity contribution in [3.63, 3.8) is 0 Å². The molecule has 0 spiro atoms. The number of nitrogens with one attached hydrogen (secondary N) is 1. The zero-order valence-electron chi connectivity index (χ0n) is 11.1. The van der Waals surface area contributed by atoms with Crippen LogP contribution in [-0.4, -0.2) is 36.5 Å². The van der Waals surface area contributed by atoms with Gasteiger partial charge in [0.05, 0.1) is 0 Å². The second-order valence-corrected chi connectivity index (χ2v) is 5.17. The van der Waals surface area contributed by atoms with Gasteiger partial charge in [0.25, 0.3) is 0 Å². The van der Waals surface area contributed by atoms with E-state index in [0.717, 1.165) is 12.8 Å². The molecule has 3 heteroatoms. The smallest absolute Gasteiger partial charge is 0.223 e. The van der Waals surface area contributed by atoms with Gasteiger partial charge >= 0.3 is 0 Å². The fraction of sp³-hybridized carbons (Fsp3) is 0.917. The Labute approximate surface area is 94.2 Å². The quantitative estimate of drug-likeness (QED) is 0.733. The molecule has 1 amide bonds. The summed E-state index contributed by atoms with van der Waals surface area (Å²) < 4.78 is 0. The summed E-state index contributed by atoms with van der Waals surface area (Å²) >= 11 is 0. The number of amides is 1. The summed E-state index contributed by atoms with van der Waals surface area (Å²) in [5.41, 5.74) is 0.126. The average Bonchev–Trinajstić information content (AvgIpc) is 2.01. The first kappa shape index (κ1) is 14.4. The van der Waals surface area contributed by atoms with Gasteiger partial charge in [-0.3, -0.25) is 4.79 Å². The summed E-state index contributed by atoms with van der Waals surface area (Å²) in [6.45, 7) is 8.62. The van der Waals surface area contributed by atoms with E-state index in [2.05, 4.69) is 33.0 Å². The molecule has 0 saturated carbocycles. The van der Waals surface area contributed by atoms with Crippen LogP contribution in [0.15, 0.2) is 0 Å². The maximum atomic E-state index is 11.5. The summed E-state index contributed by atoms with van der Waals surface area (Å²) in [6, 6.07) is 0.237. The van der Waals surface area contributed by atoms with E-state index in [9.17, 15) is 4.79 Å². The summed E-state index contributed by atoms with van der Waals surface area (Å²) in [5.74, 6) is 0.183. The number of carbonyl (C=O) groups excluding carboxylic acids is 1. The van der Waals surface area contributed by atoms with Crippen LogP contribution in [0.1, 0.15) is 47.0 Å². The molecule has 90 valence electrons. The lowest BCUT2D eigenvalue weighted by molar-refractivity contribution is -0.129. The van der Waals surface area contributed by atoms with Gasteiger partial charge in [-0.05, 0) is 27.2 Å². The molecule has 0 aromatic carbocycles. The van der Waals surface area contributed by atoms with Crippen molar-refractivity contribution in [3.05, 3.63) is 0 Å². The first-order valence-electron chi connectivity index (χ1n) is 5.76. The molecule has 0 bridgehead atoms. The topological polar surface area (TPSA) is 32.3 Å². The molecule has 0 radical (unpaired) electrons. The van der Waals surface area contributed by atoms with Crippen LogP contribution in [0.5, 0.6) is 0 Å². The first-order chi connectivity index (χ1) is 6.78. The number of rotatable bonds is 6. The highest BCUT2D eigenvalue weighted by atomic mass is 16.2. The summed E-state index contributed by atoms with van der Waals surface area (Å²) in [6.07, 6.45) is 2.86. The maximum Gasteiger partial charge on any atom is 0.223 e. The monoisotopic (exact) mass is 214 g/mol. The highest BCUT2D eigenvalue weighted by molar-refractivity contribution is 5.76. The van der Waals surface area contributed by atoms with Gasteiger partial charge in [-0.25, -0.2) is 0 Å². The van der Waals surface area contributed by atoms with Crippen molar-refractivity contribution < 1.29 is 4.79 Å². The Morgan fingerprint density at radius 3 is 2.33 bits per heavy atom. The molecule has 0 aliphatic carbocycles. The van der Waals surface area contributed by atoms with Gasteiger partial charge in [-0.15, -0.1) is 0 Å². The van der Waals surface area contributed by atoms with Crippen molar-refractivity contribution in [2.45, 2.75) is 58.5 Å². The Morgan fingerprint density at radius 1 is 1.40 bits per heavy atom. The van der Waals surface area contributed by atoms with Crippen LogP contribution in [0.25, 0.3) is 0 Å². The molecule has 0 aromatic heterocycles. The molecule has 0 saturated heterocycles. The molecule has 0 aliphatic heterocycles. The van der Waals surface area contributed by atoms with Gasteiger partial charge in [0, 0.05) is 32.1 Å². The van der Waals surface area contributed by atoms with Crippen LogP contribution < -0.4 is 5.32 Å². The number of hydrogen-bond donors (Lipinski definition) is 1. The predicted molar refractivity (Wildman–Crippen MR) is 64.9 cm³/mol. The van der Waals surface area contributed by atoms with E-state index in [4.69, 9.17) is 0 Å². The van der Waals surface area contributed by atoms with Gasteiger partial charge in [0.1, 0.15) is 0 Å². The summed E-state index contributed by atoms with van der Waals surface area (Å²) in [7, 11) is 3.60. The van der Waals surface area contributed by atoms with Crippen LogP contribution in [0.4, 0.5) is 0 Å². The minimum atomic E-state index is 0.126. The van der Waals surface area contributed by atoms with Crippen molar-refractivity contribution in [2.24, 2.45) is 0 Å². The van der Waals surface area contributed by atoms with Crippen molar-refractivity contribution in [1.29, 1.82) is 0 Å². The van der Waals surface area contributed by atoms with Crippen molar-refractivity contribution in [3.8, 4) is 0 Å². The van der Waals surface area contributed by atoms with E-state index < -0.39 is 0 Å². The van der Waals surface area contributed by atoms with Crippen molar-refractivity contribution in [2.75, 3.05) is 14.1 Å². The van der Waals surface area contributed by atoms with E-state index in [0.29, 0.717) is 6.42 Å². The minimum absolute atomic E-state index is 0.126. The average molecular weight is 214 g/mol. The molecule has 0 fully saturated rings. The maximum absolute atomic E-state index is 11.5. The van der Waals surface area contributed by atoms with Crippen LogP contribution in [0, 0.1) is 0 Å². The largest absolute Gasteiger partial charge is 0.349 e. The Morgan fingerprint density at radius 2 is 1.93 bits per heavy atom. The van der Waals surface area contributed by atoms with Crippen LogP contribution in [0.2, 0.25) is 0 Å². The Bertz CT molecular complexity index is 200. The third kappa shape index (κ3) is 6.50. The standard InChI is InChI=1S/C12H26N2O/c1-7-8-12(3,4)13-10(2)9-11(15)14(5)6/h10,13H,7-9H2,1-6H3. The second kappa shape index (κ2) is 6.11. The summed E-state index contributed by atoms with van der Waals surface area (Å²) in [4.78, 5) is 13.1. The zero-order chi connectivity index (χ0) is 12.1. The molecule has 0 aromatic rings. The third-order valence-corrected chi connectivity index (χ3v) is 2.49. The SMILES string of the molecule is CCCC(C)(C)NC(C)CC(=O)N(C)C. The Balaban J connectivity index is 4.02. The molecular weight excluding hydrogens is 188 g/mol. The normalized spacial score (nSPS) is 13.7. The predicted octanol–water partition coefficient (Wildman–Crippen LogP) is 2.02. The van der Waals surface area contributed by atoms with Gasteiger partial charge in [0.15, 0.2) is 0 Å². The van der Waals surface area contributed by atoms with Gasteiger partial charge in [0.2, 0.25) is 5.91 Å². The summed E-state index contributed by atoms with van der Waals surface area (Å²) in [5, 5.41) is 3.50. The van der Waals surface area contributed by atoms with E-state index in [1.54, 1.807) is 19.0 Å². The molecule has 0 heterocycles. The van der Waals surface area contributed by atoms with Crippen molar-refractivity contribution in [1.82, 2.24) is 10.2 Å². The van der Waals surface area contributed by atoms with Gasteiger partial charge in [-0.2, -0.15) is 0 Å². The third-order valence-electron chi connectivity index (χ3n) is 2.49. The molecule has 15 heavy (non-hydrogen) atoms. The van der Waals surface area contributed by atoms with E-state index in [-0.39, 0.29) is 17.5 Å². The molecule has 0 rings (SSSR count). The lowest BCUT2D eigenvalue weighted by Gasteiger charge is -2.30. The zero-order valence-corrected chi connectivity index (χ0v) is 11.1. The van der Waals surface area contributed by atoms with E-state index >= 15 is 0 Å². The fourth-order valence-corrected chi connectivity index (χ4v) is 1.86. The van der Waals surface area contributed by atoms with Crippen LogP contribution >= 0.6 is 0 Å². The number of nitrogens with zero attached hydrogens (tertiary/aromatic N) is 1. The van der Waals surface area contributed by atoms with E-state index in [1.807, 2.05) is 0 Å². The highest BCUT2D eigenvalue weighted by Crippen LogP contribution is 2.12. The number of carbonyl (C=O) groups is 1. The van der Waals surface area contributed by atoms with Gasteiger partial charge < -0.3 is 10.2 Å². The molecule has 1 N–H and O–H groups in total. The molecular formula is C12H26N2O. The molecule has 0 aliphatic rings. The first-order valence-corrected chi connectivity index (χ1v) is 5.76. The minimum Gasteiger partial charge on any atom is -0.349 e. The Kier molecular flexibility index (Phi) is 5.88. The second-order valence-electron chi connectivity index (χ2n) is 5.17. The van der Waals surface area contributed by atoms with Crippen molar-refractivity contribution >= 4 is 5.91 Å². The highest BCUT2D eigenvalue weighted by Gasteiger charge is 2.20. The number of hydrogen-bond acceptors (Lipinski definition) is 2. The Hall–Kier alpha value is -0.570. The lowest BCUT2D eigenvalue weighted by atomic mass is 9.97. The van der Waals surface area contributed by atoms with Crippen LogP contribution in [0.3, 0.4) is 0 Å². The van der Waals surface area contributed by atoms with E-state index in [1.165, 1.54) is 0 Å².